The lowest BCUT2D eigenvalue weighted by Gasteiger charge is -2.22. The molecule has 0 bridgehead atoms. The van der Waals surface area contributed by atoms with Gasteiger partial charge in [0.25, 0.3) is 5.91 Å². The minimum Gasteiger partial charge on any atom is -0.493 e. The number of hydrogen-bond donors (Lipinski definition) is 0. The Bertz CT molecular complexity index is 714. The summed E-state index contributed by atoms with van der Waals surface area (Å²) in [5.74, 6) is 2.30. The summed E-state index contributed by atoms with van der Waals surface area (Å²) in [6.45, 7) is 5.63. The molecule has 0 radical (unpaired) electrons. The second kappa shape index (κ2) is 7.75. The van der Waals surface area contributed by atoms with Crippen LogP contribution in [0.1, 0.15) is 30.6 Å². The molecule has 0 fully saturated rings. The maximum absolute atomic E-state index is 13.1. The summed E-state index contributed by atoms with van der Waals surface area (Å²) in [5, 5.41) is 0. The van der Waals surface area contributed by atoms with Crippen molar-refractivity contribution < 1.29 is 9.53 Å². The highest BCUT2D eigenvalue weighted by Gasteiger charge is 2.22. The van der Waals surface area contributed by atoms with Crippen molar-refractivity contribution >= 4 is 23.4 Å². The van der Waals surface area contributed by atoms with Crippen molar-refractivity contribution in [2.45, 2.75) is 25.2 Å². The van der Waals surface area contributed by atoms with Crippen LogP contribution in [0.2, 0.25) is 0 Å². The first-order valence-corrected chi connectivity index (χ1v) is 9.40. The standard InChI is InChI=1S/C20H23NO2S/c1-15(2)14-23-17-8-5-7-16(13-17)20(22)21-11-6-12-24-19-10-4-3-9-18(19)21/h3-5,7-10,13,15H,6,11-12,14H2,1-2H3. The van der Waals surface area contributed by atoms with Crippen LogP contribution in [0.15, 0.2) is 53.4 Å². The third-order valence-electron chi connectivity index (χ3n) is 3.85. The van der Waals surface area contributed by atoms with E-state index < -0.39 is 0 Å². The lowest BCUT2D eigenvalue weighted by Crippen LogP contribution is -2.31. The molecule has 4 heteroatoms. The average molecular weight is 341 g/mol. The Balaban J connectivity index is 1.85. The summed E-state index contributed by atoms with van der Waals surface area (Å²) in [5.41, 5.74) is 1.69. The van der Waals surface area contributed by atoms with Gasteiger partial charge in [-0.25, -0.2) is 0 Å². The van der Waals surface area contributed by atoms with Crippen LogP contribution < -0.4 is 9.64 Å². The van der Waals surface area contributed by atoms with Crippen LogP contribution in [0.4, 0.5) is 5.69 Å². The predicted octanol–water partition coefficient (Wildman–Crippen LogP) is 4.86. The molecule has 2 aromatic carbocycles. The van der Waals surface area contributed by atoms with E-state index in [-0.39, 0.29) is 5.91 Å². The largest absolute Gasteiger partial charge is 0.493 e. The number of para-hydroxylation sites is 1. The van der Waals surface area contributed by atoms with Gasteiger partial charge < -0.3 is 9.64 Å². The van der Waals surface area contributed by atoms with E-state index in [9.17, 15) is 4.79 Å². The Morgan fingerprint density at radius 1 is 1.21 bits per heavy atom. The topological polar surface area (TPSA) is 29.5 Å². The van der Waals surface area contributed by atoms with E-state index in [0.717, 1.165) is 30.2 Å². The Hall–Kier alpha value is -1.94. The predicted molar refractivity (Wildman–Crippen MR) is 100 cm³/mol. The highest BCUT2D eigenvalue weighted by molar-refractivity contribution is 7.99. The number of anilines is 1. The van der Waals surface area contributed by atoms with Gasteiger partial charge >= 0.3 is 0 Å². The quantitative estimate of drug-likeness (QED) is 0.795. The second-order valence-corrected chi connectivity index (χ2v) is 7.50. The number of nitrogens with zero attached hydrogens (tertiary/aromatic N) is 1. The minimum absolute atomic E-state index is 0.0416. The van der Waals surface area contributed by atoms with E-state index in [1.165, 1.54) is 4.90 Å². The molecule has 0 saturated heterocycles. The van der Waals surface area contributed by atoms with Gasteiger partial charge in [-0.05, 0) is 48.4 Å². The molecule has 1 aliphatic rings. The van der Waals surface area contributed by atoms with Gasteiger partial charge in [-0.1, -0.05) is 32.0 Å². The van der Waals surface area contributed by atoms with Crippen LogP contribution in [0, 0.1) is 5.92 Å². The van der Waals surface area contributed by atoms with E-state index in [2.05, 4.69) is 19.9 Å². The zero-order chi connectivity index (χ0) is 16.9. The molecule has 0 atom stereocenters. The lowest BCUT2D eigenvalue weighted by molar-refractivity contribution is 0.0986. The van der Waals surface area contributed by atoms with Crippen molar-refractivity contribution in [3.63, 3.8) is 0 Å². The first-order chi connectivity index (χ1) is 11.6. The van der Waals surface area contributed by atoms with Gasteiger partial charge in [-0.3, -0.25) is 4.79 Å². The molecule has 24 heavy (non-hydrogen) atoms. The molecule has 3 rings (SSSR count). The Labute approximate surface area is 148 Å². The van der Waals surface area contributed by atoms with Crippen molar-refractivity contribution in [1.29, 1.82) is 0 Å². The van der Waals surface area contributed by atoms with Crippen molar-refractivity contribution in [3.8, 4) is 5.75 Å². The summed E-state index contributed by atoms with van der Waals surface area (Å²) in [4.78, 5) is 16.1. The minimum atomic E-state index is 0.0416. The van der Waals surface area contributed by atoms with Crippen LogP contribution in [0.25, 0.3) is 0 Å². The van der Waals surface area contributed by atoms with Gasteiger partial charge in [0.15, 0.2) is 0 Å². The molecule has 0 N–H and O–H groups in total. The third kappa shape index (κ3) is 3.93. The highest BCUT2D eigenvalue weighted by atomic mass is 32.2. The van der Waals surface area contributed by atoms with E-state index >= 15 is 0 Å². The van der Waals surface area contributed by atoms with E-state index in [1.807, 2.05) is 59.1 Å². The van der Waals surface area contributed by atoms with Crippen LogP contribution in [0.5, 0.6) is 5.75 Å². The molecule has 0 saturated carbocycles. The van der Waals surface area contributed by atoms with Crippen LogP contribution >= 0.6 is 11.8 Å². The number of rotatable bonds is 4. The van der Waals surface area contributed by atoms with Gasteiger partial charge in [-0.2, -0.15) is 0 Å². The first kappa shape index (κ1) is 16.9. The number of carbonyl (C=O) groups excluding carboxylic acids is 1. The monoisotopic (exact) mass is 341 g/mol. The third-order valence-corrected chi connectivity index (χ3v) is 5.00. The van der Waals surface area contributed by atoms with Crippen molar-refractivity contribution in [2.24, 2.45) is 5.92 Å². The summed E-state index contributed by atoms with van der Waals surface area (Å²) >= 11 is 1.82. The van der Waals surface area contributed by atoms with Crippen molar-refractivity contribution in [2.75, 3.05) is 23.8 Å². The van der Waals surface area contributed by atoms with E-state index in [0.29, 0.717) is 18.1 Å². The van der Waals surface area contributed by atoms with E-state index in [4.69, 9.17) is 4.74 Å². The molecular weight excluding hydrogens is 318 g/mol. The zero-order valence-corrected chi connectivity index (χ0v) is 15.0. The molecular formula is C20H23NO2S. The van der Waals surface area contributed by atoms with Gasteiger partial charge in [0, 0.05) is 17.0 Å². The number of ether oxygens (including phenoxy) is 1. The van der Waals surface area contributed by atoms with Crippen molar-refractivity contribution in [3.05, 3.63) is 54.1 Å². The molecule has 3 nitrogen and oxygen atoms in total. The van der Waals surface area contributed by atoms with Crippen LogP contribution in [-0.4, -0.2) is 24.8 Å². The number of benzene rings is 2. The zero-order valence-electron chi connectivity index (χ0n) is 14.2. The maximum atomic E-state index is 13.1. The number of thioether (sulfide) groups is 1. The molecule has 126 valence electrons. The molecule has 0 unspecified atom stereocenters. The first-order valence-electron chi connectivity index (χ1n) is 8.41. The molecule has 0 spiro atoms. The SMILES string of the molecule is CC(C)COc1cccc(C(=O)N2CCCSc3ccccc32)c1. The van der Waals surface area contributed by atoms with Gasteiger partial charge in [0.1, 0.15) is 5.75 Å². The normalized spacial score (nSPS) is 14.2. The van der Waals surface area contributed by atoms with E-state index in [1.54, 1.807) is 0 Å². The molecule has 0 aliphatic carbocycles. The smallest absolute Gasteiger partial charge is 0.258 e. The Morgan fingerprint density at radius 2 is 2.04 bits per heavy atom. The average Bonchev–Trinajstić information content (AvgIpc) is 2.82. The fourth-order valence-electron chi connectivity index (χ4n) is 2.68. The molecule has 1 heterocycles. The number of carbonyl (C=O) groups is 1. The molecule has 0 aromatic heterocycles. The Kier molecular flexibility index (Phi) is 5.46. The fraction of sp³-hybridized carbons (Fsp3) is 0.350. The van der Waals surface area contributed by atoms with Crippen LogP contribution in [0.3, 0.4) is 0 Å². The Morgan fingerprint density at radius 3 is 2.88 bits per heavy atom. The molecule has 1 aliphatic heterocycles. The van der Waals surface area contributed by atoms with Crippen LogP contribution in [-0.2, 0) is 0 Å². The molecule has 1 amide bonds. The summed E-state index contributed by atoms with van der Waals surface area (Å²) < 4.78 is 5.76. The fourth-order valence-corrected chi connectivity index (χ4v) is 3.67. The van der Waals surface area contributed by atoms with Gasteiger partial charge in [0.2, 0.25) is 0 Å². The van der Waals surface area contributed by atoms with Gasteiger partial charge in [-0.15, -0.1) is 11.8 Å². The second-order valence-electron chi connectivity index (χ2n) is 6.36. The van der Waals surface area contributed by atoms with Gasteiger partial charge in [0.05, 0.1) is 12.3 Å². The maximum Gasteiger partial charge on any atom is 0.258 e. The summed E-state index contributed by atoms with van der Waals surface area (Å²) in [6, 6.07) is 15.7. The lowest BCUT2D eigenvalue weighted by atomic mass is 10.1. The number of amides is 1. The number of fused-ring (bicyclic) bond motifs is 1. The summed E-state index contributed by atoms with van der Waals surface area (Å²) in [6.07, 6.45) is 0.995. The summed E-state index contributed by atoms with van der Waals surface area (Å²) in [7, 11) is 0. The van der Waals surface area contributed by atoms with Crippen molar-refractivity contribution in [1.82, 2.24) is 0 Å². The molecule has 2 aromatic rings. The highest BCUT2D eigenvalue weighted by Crippen LogP contribution is 2.34. The number of hydrogen-bond acceptors (Lipinski definition) is 3.